The fourth-order valence-electron chi connectivity index (χ4n) is 2.78. The molecule has 0 aromatic carbocycles. The number of rotatable bonds is 3. The second-order valence-corrected chi connectivity index (χ2v) is 4.97. The van der Waals surface area contributed by atoms with Gasteiger partial charge in [0.25, 0.3) is 0 Å². The third-order valence-electron chi connectivity index (χ3n) is 3.81. The van der Waals surface area contributed by atoms with Crippen LogP contribution in [0.5, 0.6) is 0 Å². The Hall–Kier alpha value is -0.0800. The van der Waals surface area contributed by atoms with Crippen molar-refractivity contribution in [3.8, 4) is 0 Å². The molecule has 2 aliphatic rings. The molecular formula is C11H22N2. The van der Waals surface area contributed by atoms with Gasteiger partial charge in [0, 0.05) is 5.54 Å². The van der Waals surface area contributed by atoms with Gasteiger partial charge in [-0.3, -0.25) is 0 Å². The van der Waals surface area contributed by atoms with E-state index in [0.29, 0.717) is 0 Å². The molecule has 3 N–H and O–H groups in total. The van der Waals surface area contributed by atoms with Gasteiger partial charge >= 0.3 is 0 Å². The quantitative estimate of drug-likeness (QED) is 0.696. The van der Waals surface area contributed by atoms with Gasteiger partial charge in [-0.25, -0.2) is 0 Å². The molecule has 1 saturated carbocycles. The molecule has 0 amide bonds. The molecule has 0 spiro atoms. The summed E-state index contributed by atoms with van der Waals surface area (Å²) in [7, 11) is 0. The van der Waals surface area contributed by atoms with Crippen LogP contribution in [-0.4, -0.2) is 18.6 Å². The van der Waals surface area contributed by atoms with Gasteiger partial charge in [0.2, 0.25) is 0 Å². The molecule has 1 heterocycles. The van der Waals surface area contributed by atoms with E-state index < -0.39 is 0 Å². The summed E-state index contributed by atoms with van der Waals surface area (Å²) in [4.78, 5) is 0. The number of nitrogens with one attached hydrogen (secondary N) is 1. The van der Waals surface area contributed by atoms with Crippen LogP contribution in [0.15, 0.2) is 0 Å². The maximum absolute atomic E-state index is 6.32. The van der Waals surface area contributed by atoms with Gasteiger partial charge in [0.05, 0.1) is 0 Å². The number of hydrogen-bond acceptors (Lipinski definition) is 2. The molecule has 0 radical (unpaired) electrons. The first kappa shape index (κ1) is 9.47. The topological polar surface area (TPSA) is 38.0 Å². The van der Waals surface area contributed by atoms with Crippen LogP contribution in [0.4, 0.5) is 0 Å². The first-order valence-electron chi connectivity index (χ1n) is 5.78. The van der Waals surface area contributed by atoms with Crippen LogP contribution >= 0.6 is 0 Å². The highest BCUT2D eigenvalue weighted by Crippen LogP contribution is 2.32. The predicted molar refractivity (Wildman–Crippen MR) is 55.6 cm³/mol. The zero-order chi connectivity index (χ0) is 9.15. The lowest BCUT2D eigenvalue weighted by molar-refractivity contribution is 0.355. The summed E-state index contributed by atoms with van der Waals surface area (Å²) >= 11 is 0. The third-order valence-corrected chi connectivity index (χ3v) is 3.81. The molecule has 2 fully saturated rings. The second kappa shape index (κ2) is 3.97. The van der Waals surface area contributed by atoms with E-state index in [1.165, 1.54) is 58.0 Å². The maximum atomic E-state index is 6.32. The van der Waals surface area contributed by atoms with E-state index in [1.807, 2.05) is 0 Å². The zero-order valence-electron chi connectivity index (χ0n) is 8.52. The Kier molecular flexibility index (Phi) is 2.89. The summed E-state index contributed by atoms with van der Waals surface area (Å²) in [6.07, 6.45) is 9.25. The molecule has 76 valence electrons. The normalized spacial score (nSPS) is 32.5. The minimum Gasteiger partial charge on any atom is -0.325 e. The van der Waals surface area contributed by atoms with Crippen LogP contribution in [0.1, 0.15) is 44.9 Å². The third kappa shape index (κ3) is 2.44. The first-order chi connectivity index (χ1) is 6.29. The van der Waals surface area contributed by atoms with E-state index in [2.05, 4.69) is 5.32 Å². The lowest BCUT2D eigenvalue weighted by Crippen LogP contribution is -2.36. The highest BCUT2D eigenvalue weighted by Gasteiger charge is 2.30. The first-order valence-corrected chi connectivity index (χ1v) is 5.78. The number of nitrogens with two attached hydrogens (primary N) is 1. The van der Waals surface area contributed by atoms with Crippen molar-refractivity contribution in [2.24, 2.45) is 11.7 Å². The monoisotopic (exact) mass is 182 g/mol. The average Bonchev–Trinajstić information content (AvgIpc) is 2.72. The minimum atomic E-state index is 0.225. The summed E-state index contributed by atoms with van der Waals surface area (Å²) in [5.74, 6) is 0.918. The van der Waals surface area contributed by atoms with Gasteiger partial charge in [-0.05, 0) is 51.1 Å². The molecule has 1 aliphatic carbocycles. The Balaban J connectivity index is 1.71. The van der Waals surface area contributed by atoms with Gasteiger partial charge in [0.15, 0.2) is 0 Å². The summed E-state index contributed by atoms with van der Waals surface area (Å²) in [5, 5.41) is 3.42. The van der Waals surface area contributed by atoms with Gasteiger partial charge in [-0.15, -0.1) is 0 Å². The van der Waals surface area contributed by atoms with Crippen molar-refractivity contribution >= 4 is 0 Å². The van der Waals surface area contributed by atoms with E-state index in [1.54, 1.807) is 0 Å². The molecule has 1 aliphatic heterocycles. The van der Waals surface area contributed by atoms with Crippen molar-refractivity contribution in [1.82, 2.24) is 5.32 Å². The van der Waals surface area contributed by atoms with Gasteiger partial charge in [-0.2, -0.15) is 0 Å². The van der Waals surface area contributed by atoms with Crippen LogP contribution in [0.25, 0.3) is 0 Å². The van der Waals surface area contributed by atoms with Crippen molar-refractivity contribution < 1.29 is 0 Å². The van der Waals surface area contributed by atoms with E-state index in [9.17, 15) is 0 Å². The maximum Gasteiger partial charge on any atom is 0.0154 e. The largest absolute Gasteiger partial charge is 0.325 e. The van der Waals surface area contributed by atoms with Crippen molar-refractivity contribution in [2.45, 2.75) is 50.5 Å². The van der Waals surface area contributed by atoms with Crippen molar-refractivity contribution in [1.29, 1.82) is 0 Å². The summed E-state index contributed by atoms with van der Waals surface area (Å²) in [6, 6.07) is 0. The van der Waals surface area contributed by atoms with Crippen LogP contribution in [0.3, 0.4) is 0 Å². The van der Waals surface area contributed by atoms with E-state index in [4.69, 9.17) is 5.73 Å². The van der Waals surface area contributed by atoms with Crippen molar-refractivity contribution in [3.63, 3.8) is 0 Å². The molecule has 0 bridgehead atoms. The molecule has 2 heteroatoms. The van der Waals surface area contributed by atoms with Crippen molar-refractivity contribution in [2.75, 3.05) is 13.1 Å². The minimum absolute atomic E-state index is 0.225. The number of hydrogen-bond donors (Lipinski definition) is 2. The predicted octanol–water partition coefficient (Wildman–Crippen LogP) is 1.65. The fourth-order valence-corrected chi connectivity index (χ4v) is 2.78. The molecule has 13 heavy (non-hydrogen) atoms. The molecule has 0 aromatic heterocycles. The molecule has 1 saturated heterocycles. The molecule has 1 unspecified atom stereocenters. The second-order valence-electron chi connectivity index (χ2n) is 4.97. The lowest BCUT2D eigenvalue weighted by atomic mass is 9.88. The van der Waals surface area contributed by atoms with E-state index in [0.717, 1.165) is 5.92 Å². The van der Waals surface area contributed by atoms with Crippen LogP contribution in [0, 0.1) is 5.92 Å². The lowest BCUT2D eigenvalue weighted by Gasteiger charge is -2.24. The fraction of sp³-hybridized carbons (Fsp3) is 1.00. The Morgan fingerprint density at radius 1 is 1.31 bits per heavy atom. The Morgan fingerprint density at radius 2 is 2.08 bits per heavy atom. The Bertz CT molecular complexity index is 155. The Morgan fingerprint density at radius 3 is 2.69 bits per heavy atom. The van der Waals surface area contributed by atoms with Gasteiger partial charge in [0.1, 0.15) is 0 Å². The molecule has 2 rings (SSSR count). The van der Waals surface area contributed by atoms with Crippen LogP contribution in [0.2, 0.25) is 0 Å². The highest BCUT2D eigenvalue weighted by molar-refractivity contribution is 4.90. The van der Waals surface area contributed by atoms with Gasteiger partial charge < -0.3 is 11.1 Å². The van der Waals surface area contributed by atoms with Crippen LogP contribution < -0.4 is 11.1 Å². The zero-order valence-corrected chi connectivity index (χ0v) is 8.52. The smallest absolute Gasteiger partial charge is 0.0154 e. The van der Waals surface area contributed by atoms with E-state index in [-0.39, 0.29) is 5.54 Å². The molecule has 2 nitrogen and oxygen atoms in total. The molecular weight excluding hydrogens is 160 g/mol. The molecule has 1 atom stereocenters. The van der Waals surface area contributed by atoms with Crippen LogP contribution in [-0.2, 0) is 0 Å². The highest BCUT2D eigenvalue weighted by atomic mass is 14.9. The van der Waals surface area contributed by atoms with Gasteiger partial charge in [-0.1, -0.05) is 12.8 Å². The van der Waals surface area contributed by atoms with E-state index >= 15 is 0 Å². The standard InChI is InChI=1S/C11H22N2/c12-11(5-1-2-6-11)7-3-10-4-8-13-9-10/h10,13H,1-9,12H2. The average molecular weight is 182 g/mol. The summed E-state index contributed by atoms with van der Waals surface area (Å²) in [6.45, 7) is 2.46. The summed E-state index contributed by atoms with van der Waals surface area (Å²) in [5.41, 5.74) is 6.54. The molecule has 0 aromatic rings. The SMILES string of the molecule is NC1(CCC2CCNC2)CCCC1. The summed E-state index contributed by atoms with van der Waals surface area (Å²) < 4.78 is 0. The van der Waals surface area contributed by atoms with Crippen molar-refractivity contribution in [3.05, 3.63) is 0 Å². The Labute approximate surface area is 81.3 Å².